The molecule has 2 aromatic heterocycles. The molecule has 1 N–H and O–H groups in total. The van der Waals surface area contributed by atoms with Gasteiger partial charge in [-0.3, -0.25) is 4.98 Å². The highest BCUT2D eigenvalue weighted by Crippen LogP contribution is 2.24. The molecule has 0 fully saturated rings. The highest BCUT2D eigenvalue weighted by atomic mass is 16.5. The monoisotopic (exact) mass is 230 g/mol. The number of carbonyl (C=O) groups excluding carboxylic acids is 1. The first kappa shape index (κ1) is 11.4. The molecule has 2 rings (SSSR count). The Bertz CT molecular complexity index is 517. The van der Waals surface area contributed by atoms with Crippen LogP contribution < -0.4 is 0 Å². The molecular weight excluding hydrogens is 216 g/mol. The third-order valence-electron chi connectivity index (χ3n) is 2.51. The molecule has 17 heavy (non-hydrogen) atoms. The SMILES string of the molecule is CCOC(=O)c1c(C)c[nH]c1-c1cccnc1. The Kier molecular flexibility index (Phi) is 3.23. The van der Waals surface area contributed by atoms with E-state index < -0.39 is 0 Å². The first-order valence-electron chi connectivity index (χ1n) is 5.49. The van der Waals surface area contributed by atoms with Gasteiger partial charge in [0.2, 0.25) is 0 Å². The molecule has 0 saturated carbocycles. The molecular formula is C13H14N2O2. The fourth-order valence-corrected chi connectivity index (χ4v) is 1.73. The third-order valence-corrected chi connectivity index (χ3v) is 2.51. The summed E-state index contributed by atoms with van der Waals surface area (Å²) in [7, 11) is 0. The molecule has 0 bridgehead atoms. The van der Waals surface area contributed by atoms with Gasteiger partial charge in [0.1, 0.15) is 0 Å². The lowest BCUT2D eigenvalue weighted by molar-refractivity contribution is 0.0527. The number of aryl methyl sites for hydroxylation is 1. The van der Waals surface area contributed by atoms with Crippen LogP contribution >= 0.6 is 0 Å². The number of carbonyl (C=O) groups is 1. The quantitative estimate of drug-likeness (QED) is 0.824. The normalized spacial score (nSPS) is 10.2. The van der Waals surface area contributed by atoms with Crippen LogP contribution in [0, 0.1) is 6.92 Å². The highest BCUT2D eigenvalue weighted by molar-refractivity contribution is 5.97. The molecule has 88 valence electrons. The van der Waals surface area contributed by atoms with Crippen molar-refractivity contribution >= 4 is 5.97 Å². The zero-order chi connectivity index (χ0) is 12.3. The van der Waals surface area contributed by atoms with Crippen LogP contribution in [0.5, 0.6) is 0 Å². The lowest BCUT2D eigenvalue weighted by Crippen LogP contribution is -2.06. The van der Waals surface area contributed by atoms with E-state index in [1.165, 1.54) is 0 Å². The molecule has 2 heterocycles. The van der Waals surface area contributed by atoms with Gasteiger partial charge in [-0.05, 0) is 31.5 Å². The Hall–Kier alpha value is -2.10. The van der Waals surface area contributed by atoms with Crippen LogP contribution in [0.1, 0.15) is 22.8 Å². The van der Waals surface area contributed by atoms with Crippen LogP contribution in [0.4, 0.5) is 0 Å². The van der Waals surface area contributed by atoms with Crippen molar-refractivity contribution in [3.63, 3.8) is 0 Å². The smallest absolute Gasteiger partial charge is 0.340 e. The summed E-state index contributed by atoms with van der Waals surface area (Å²) in [4.78, 5) is 19.0. The van der Waals surface area contributed by atoms with Crippen LogP contribution in [0.15, 0.2) is 30.7 Å². The number of H-pyrrole nitrogens is 1. The number of rotatable bonds is 3. The summed E-state index contributed by atoms with van der Waals surface area (Å²) < 4.78 is 5.05. The third kappa shape index (κ3) is 2.20. The second kappa shape index (κ2) is 4.82. The Morgan fingerprint density at radius 1 is 1.53 bits per heavy atom. The van der Waals surface area contributed by atoms with Crippen LogP contribution in [0.3, 0.4) is 0 Å². The predicted octanol–water partition coefficient (Wildman–Crippen LogP) is 2.56. The van der Waals surface area contributed by atoms with E-state index in [0.29, 0.717) is 12.2 Å². The molecule has 0 aliphatic carbocycles. The Morgan fingerprint density at radius 3 is 3.00 bits per heavy atom. The second-order valence-corrected chi connectivity index (χ2v) is 3.68. The number of nitrogens with one attached hydrogen (secondary N) is 1. The summed E-state index contributed by atoms with van der Waals surface area (Å²) in [5.74, 6) is -0.301. The van der Waals surface area contributed by atoms with Crippen molar-refractivity contribution in [3.05, 3.63) is 41.9 Å². The summed E-state index contributed by atoms with van der Waals surface area (Å²) in [6.45, 7) is 4.04. The van der Waals surface area contributed by atoms with Crippen molar-refractivity contribution < 1.29 is 9.53 Å². The van der Waals surface area contributed by atoms with E-state index >= 15 is 0 Å². The van der Waals surface area contributed by atoms with Gasteiger partial charge in [-0.15, -0.1) is 0 Å². The van der Waals surface area contributed by atoms with Gasteiger partial charge in [0.25, 0.3) is 0 Å². The van der Waals surface area contributed by atoms with Crippen molar-refractivity contribution in [3.8, 4) is 11.3 Å². The Labute approximate surface area is 99.7 Å². The van der Waals surface area contributed by atoms with E-state index in [4.69, 9.17) is 4.74 Å². The zero-order valence-corrected chi connectivity index (χ0v) is 9.86. The van der Waals surface area contributed by atoms with Crippen molar-refractivity contribution in [2.45, 2.75) is 13.8 Å². The Morgan fingerprint density at radius 2 is 2.35 bits per heavy atom. The lowest BCUT2D eigenvalue weighted by Gasteiger charge is -2.05. The molecule has 0 saturated heterocycles. The summed E-state index contributed by atoms with van der Waals surface area (Å²) in [6, 6.07) is 3.74. The number of aromatic nitrogens is 2. The van der Waals surface area contributed by atoms with E-state index in [-0.39, 0.29) is 5.97 Å². The number of aromatic amines is 1. The van der Waals surface area contributed by atoms with Gasteiger partial charge >= 0.3 is 5.97 Å². The minimum absolute atomic E-state index is 0.301. The van der Waals surface area contributed by atoms with Crippen LogP contribution in [-0.4, -0.2) is 22.5 Å². The minimum Gasteiger partial charge on any atom is -0.462 e. The molecule has 2 aromatic rings. The first-order valence-corrected chi connectivity index (χ1v) is 5.49. The average Bonchev–Trinajstić information content (AvgIpc) is 2.73. The molecule has 0 aromatic carbocycles. The molecule has 4 heteroatoms. The standard InChI is InChI=1S/C13H14N2O2/c1-3-17-13(16)11-9(2)7-15-12(11)10-5-4-6-14-8-10/h4-8,15H,3H2,1-2H3. The van der Waals surface area contributed by atoms with Gasteiger partial charge in [0.15, 0.2) is 0 Å². The fourth-order valence-electron chi connectivity index (χ4n) is 1.73. The summed E-state index contributed by atoms with van der Waals surface area (Å²) in [6.07, 6.45) is 5.21. The van der Waals surface area contributed by atoms with Crippen LogP contribution in [-0.2, 0) is 4.74 Å². The maximum absolute atomic E-state index is 11.9. The molecule has 0 aliphatic rings. The van der Waals surface area contributed by atoms with Crippen molar-refractivity contribution in [2.75, 3.05) is 6.61 Å². The van der Waals surface area contributed by atoms with Gasteiger partial charge in [-0.25, -0.2) is 4.79 Å². The predicted molar refractivity (Wildman–Crippen MR) is 64.7 cm³/mol. The molecule has 0 spiro atoms. The molecule has 4 nitrogen and oxygen atoms in total. The number of ether oxygens (including phenoxy) is 1. The van der Waals surface area contributed by atoms with E-state index in [1.807, 2.05) is 19.1 Å². The number of hydrogen-bond acceptors (Lipinski definition) is 3. The fraction of sp³-hybridized carbons (Fsp3) is 0.231. The van der Waals surface area contributed by atoms with Crippen molar-refractivity contribution in [2.24, 2.45) is 0 Å². The molecule has 0 atom stereocenters. The van der Waals surface area contributed by atoms with E-state index in [0.717, 1.165) is 16.8 Å². The molecule has 0 radical (unpaired) electrons. The summed E-state index contributed by atoms with van der Waals surface area (Å²) >= 11 is 0. The molecule has 0 aliphatic heterocycles. The minimum atomic E-state index is -0.301. The van der Waals surface area contributed by atoms with E-state index in [1.54, 1.807) is 25.5 Å². The maximum atomic E-state index is 11.9. The van der Waals surface area contributed by atoms with Crippen molar-refractivity contribution in [1.82, 2.24) is 9.97 Å². The summed E-state index contributed by atoms with van der Waals surface area (Å²) in [5, 5.41) is 0. The van der Waals surface area contributed by atoms with Gasteiger partial charge in [-0.2, -0.15) is 0 Å². The van der Waals surface area contributed by atoms with Crippen LogP contribution in [0.25, 0.3) is 11.3 Å². The zero-order valence-electron chi connectivity index (χ0n) is 9.86. The number of esters is 1. The van der Waals surface area contributed by atoms with Gasteiger partial charge in [-0.1, -0.05) is 0 Å². The Balaban J connectivity index is 2.46. The number of nitrogens with zero attached hydrogens (tertiary/aromatic N) is 1. The van der Waals surface area contributed by atoms with Crippen molar-refractivity contribution in [1.29, 1.82) is 0 Å². The maximum Gasteiger partial charge on any atom is 0.340 e. The molecule has 0 amide bonds. The number of pyridine rings is 1. The van der Waals surface area contributed by atoms with Gasteiger partial charge < -0.3 is 9.72 Å². The van der Waals surface area contributed by atoms with Gasteiger partial charge in [0.05, 0.1) is 17.9 Å². The van der Waals surface area contributed by atoms with E-state index in [9.17, 15) is 4.79 Å². The molecule has 0 unspecified atom stereocenters. The highest BCUT2D eigenvalue weighted by Gasteiger charge is 2.18. The lowest BCUT2D eigenvalue weighted by atomic mass is 10.1. The average molecular weight is 230 g/mol. The topological polar surface area (TPSA) is 55.0 Å². The second-order valence-electron chi connectivity index (χ2n) is 3.68. The summed E-state index contributed by atoms with van der Waals surface area (Å²) in [5.41, 5.74) is 3.10. The first-order chi connectivity index (χ1) is 8.24. The van der Waals surface area contributed by atoms with E-state index in [2.05, 4.69) is 9.97 Å². The van der Waals surface area contributed by atoms with Crippen LogP contribution in [0.2, 0.25) is 0 Å². The largest absolute Gasteiger partial charge is 0.462 e. The van der Waals surface area contributed by atoms with Gasteiger partial charge in [0, 0.05) is 24.2 Å². The number of hydrogen-bond donors (Lipinski definition) is 1.